The van der Waals surface area contributed by atoms with Gasteiger partial charge in [0, 0.05) is 12.6 Å². The second-order valence-electron chi connectivity index (χ2n) is 5.84. The van der Waals surface area contributed by atoms with Gasteiger partial charge in [0.1, 0.15) is 0 Å². The van der Waals surface area contributed by atoms with Crippen LogP contribution in [0.3, 0.4) is 0 Å². The number of rotatable bonds is 2. The van der Waals surface area contributed by atoms with Gasteiger partial charge in [0.05, 0.1) is 5.41 Å². The minimum absolute atomic E-state index is 0.433. The van der Waals surface area contributed by atoms with Crippen molar-refractivity contribution in [2.24, 2.45) is 5.41 Å². The molecule has 1 aliphatic carbocycles. The van der Waals surface area contributed by atoms with Gasteiger partial charge in [-0.05, 0) is 43.9 Å². The van der Waals surface area contributed by atoms with Crippen LogP contribution in [0.15, 0.2) is 24.3 Å². The van der Waals surface area contributed by atoms with Crippen molar-refractivity contribution in [3.8, 4) is 0 Å². The monoisotopic (exact) mass is 245 g/mol. The Bertz CT molecular complexity index is 485. The number of carboxylic acid groups (broad SMARTS) is 1. The Labute approximate surface area is 107 Å². The molecule has 0 aromatic heterocycles. The Hall–Kier alpha value is -1.35. The maximum Gasteiger partial charge on any atom is 0.310 e. The molecule has 3 nitrogen and oxygen atoms in total. The number of fused-ring (bicyclic) bond motifs is 1. The van der Waals surface area contributed by atoms with E-state index in [1.54, 1.807) is 0 Å². The molecule has 0 saturated carbocycles. The van der Waals surface area contributed by atoms with Crippen molar-refractivity contribution in [2.45, 2.75) is 32.2 Å². The third-order valence-electron chi connectivity index (χ3n) is 4.56. The molecule has 1 aromatic carbocycles. The van der Waals surface area contributed by atoms with Crippen molar-refractivity contribution >= 4 is 5.97 Å². The highest BCUT2D eigenvalue weighted by Crippen LogP contribution is 2.41. The Morgan fingerprint density at radius 1 is 1.44 bits per heavy atom. The van der Waals surface area contributed by atoms with E-state index in [2.05, 4.69) is 29.2 Å². The van der Waals surface area contributed by atoms with Crippen molar-refractivity contribution in [3.63, 3.8) is 0 Å². The van der Waals surface area contributed by atoms with E-state index < -0.39 is 11.4 Å². The summed E-state index contributed by atoms with van der Waals surface area (Å²) in [4.78, 5) is 13.7. The molecule has 2 unspecified atom stereocenters. The van der Waals surface area contributed by atoms with Crippen LogP contribution in [-0.2, 0) is 11.2 Å². The van der Waals surface area contributed by atoms with Crippen molar-refractivity contribution in [1.29, 1.82) is 0 Å². The van der Waals surface area contributed by atoms with Crippen LogP contribution in [0, 0.1) is 5.41 Å². The summed E-state index contributed by atoms with van der Waals surface area (Å²) in [6, 6.07) is 9.00. The maximum atomic E-state index is 11.3. The zero-order valence-corrected chi connectivity index (χ0v) is 10.7. The average molecular weight is 245 g/mol. The molecule has 1 N–H and O–H groups in total. The Morgan fingerprint density at radius 2 is 2.22 bits per heavy atom. The molecule has 0 bridgehead atoms. The smallest absolute Gasteiger partial charge is 0.310 e. The first-order valence-electron chi connectivity index (χ1n) is 6.65. The van der Waals surface area contributed by atoms with E-state index in [9.17, 15) is 9.90 Å². The molecule has 1 aromatic rings. The predicted molar refractivity (Wildman–Crippen MR) is 69.4 cm³/mol. The lowest BCUT2D eigenvalue weighted by Gasteiger charge is -2.26. The molecule has 18 heavy (non-hydrogen) atoms. The molecule has 96 valence electrons. The molecule has 2 atom stereocenters. The highest BCUT2D eigenvalue weighted by Gasteiger charge is 2.43. The maximum absolute atomic E-state index is 11.3. The summed E-state index contributed by atoms with van der Waals surface area (Å²) in [7, 11) is 0. The largest absolute Gasteiger partial charge is 0.481 e. The van der Waals surface area contributed by atoms with Crippen molar-refractivity contribution in [3.05, 3.63) is 35.4 Å². The molecular formula is C15H19NO2. The number of hydrogen-bond donors (Lipinski definition) is 1. The molecule has 1 aliphatic heterocycles. The van der Waals surface area contributed by atoms with Gasteiger partial charge in [0.25, 0.3) is 0 Å². The van der Waals surface area contributed by atoms with Gasteiger partial charge in [-0.2, -0.15) is 0 Å². The molecule has 3 rings (SSSR count). The van der Waals surface area contributed by atoms with E-state index in [-0.39, 0.29) is 0 Å². The van der Waals surface area contributed by atoms with Gasteiger partial charge < -0.3 is 5.11 Å². The molecule has 1 fully saturated rings. The fourth-order valence-corrected chi connectivity index (χ4v) is 3.35. The van der Waals surface area contributed by atoms with Gasteiger partial charge in [-0.15, -0.1) is 0 Å². The fraction of sp³-hybridized carbons (Fsp3) is 0.533. The number of carbonyl (C=O) groups is 1. The highest BCUT2D eigenvalue weighted by molar-refractivity contribution is 5.74. The molecule has 0 amide bonds. The van der Waals surface area contributed by atoms with Crippen molar-refractivity contribution < 1.29 is 9.90 Å². The molecule has 3 heteroatoms. The third kappa shape index (κ3) is 1.74. The summed E-state index contributed by atoms with van der Waals surface area (Å²) < 4.78 is 0. The van der Waals surface area contributed by atoms with Crippen LogP contribution in [-0.4, -0.2) is 29.1 Å². The first-order valence-corrected chi connectivity index (χ1v) is 6.65. The quantitative estimate of drug-likeness (QED) is 0.870. The summed E-state index contributed by atoms with van der Waals surface area (Å²) in [6.45, 7) is 3.46. The van der Waals surface area contributed by atoms with E-state index >= 15 is 0 Å². The Balaban J connectivity index is 1.81. The van der Waals surface area contributed by atoms with Gasteiger partial charge in [0.2, 0.25) is 0 Å². The number of hydrogen-bond acceptors (Lipinski definition) is 2. The number of aryl methyl sites for hydroxylation is 1. The van der Waals surface area contributed by atoms with Gasteiger partial charge in [0.15, 0.2) is 0 Å². The Morgan fingerprint density at radius 3 is 2.94 bits per heavy atom. The first-order chi connectivity index (χ1) is 8.60. The molecule has 0 spiro atoms. The number of nitrogens with zero attached hydrogens (tertiary/aromatic N) is 1. The second-order valence-corrected chi connectivity index (χ2v) is 5.84. The van der Waals surface area contributed by atoms with Crippen LogP contribution in [0.25, 0.3) is 0 Å². The van der Waals surface area contributed by atoms with Gasteiger partial charge in [-0.3, -0.25) is 9.69 Å². The minimum atomic E-state index is -0.656. The summed E-state index contributed by atoms with van der Waals surface area (Å²) in [5, 5.41) is 9.30. The van der Waals surface area contributed by atoms with E-state index in [4.69, 9.17) is 0 Å². The lowest BCUT2D eigenvalue weighted by molar-refractivity contribution is -0.147. The topological polar surface area (TPSA) is 40.5 Å². The lowest BCUT2D eigenvalue weighted by atomic mass is 9.90. The minimum Gasteiger partial charge on any atom is -0.481 e. The number of likely N-dealkylation sites (tertiary alicyclic amines) is 1. The number of carboxylic acids is 1. The molecule has 1 heterocycles. The van der Waals surface area contributed by atoms with E-state index in [0.29, 0.717) is 12.6 Å². The highest BCUT2D eigenvalue weighted by atomic mass is 16.4. The van der Waals surface area contributed by atoms with Crippen LogP contribution in [0.5, 0.6) is 0 Å². The molecular weight excluding hydrogens is 226 g/mol. The normalized spacial score (nSPS) is 31.5. The SMILES string of the molecule is CC1(C(=O)O)CCN(C2CCc3ccccc32)C1. The van der Waals surface area contributed by atoms with Crippen LogP contribution in [0.1, 0.15) is 36.9 Å². The Kier molecular flexibility index (Phi) is 2.67. The van der Waals surface area contributed by atoms with Gasteiger partial charge in [-0.1, -0.05) is 24.3 Å². The van der Waals surface area contributed by atoms with E-state index in [1.165, 1.54) is 11.1 Å². The second kappa shape index (κ2) is 4.09. The third-order valence-corrected chi connectivity index (χ3v) is 4.56. The van der Waals surface area contributed by atoms with Crippen LogP contribution >= 0.6 is 0 Å². The number of aliphatic carboxylic acids is 1. The van der Waals surface area contributed by atoms with Crippen LogP contribution < -0.4 is 0 Å². The van der Waals surface area contributed by atoms with E-state index in [1.807, 2.05) is 6.92 Å². The molecule has 1 saturated heterocycles. The van der Waals surface area contributed by atoms with Crippen molar-refractivity contribution in [1.82, 2.24) is 4.90 Å². The summed E-state index contributed by atoms with van der Waals surface area (Å²) in [6.07, 6.45) is 3.02. The van der Waals surface area contributed by atoms with Gasteiger partial charge in [-0.25, -0.2) is 0 Å². The molecule has 2 aliphatic rings. The summed E-state index contributed by atoms with van der Waals surface area (Å²) >= 11 is 0. The standard InChI is InChI=1S/C15H19NO2/c1-15(14(17)18)8-9-16(10-15)13-7-6-11-4-2-3-5-12(11)13/h2-5,13H,6-10H2,1H3,(H,17,18). The molecule has 0 radical (unpaired) electrons. The average Bonchev–Trinajstić information content (AvgIpc) is 2.93. The predicted octanol–water partition coefficient (Wildman–Crippen LogP) is 2.47. The summed E-state index contributed by atoms with van der Waals surface area (Å²) in [5.41, 5.74) is 2.29. The zero-order chi connectivity index (χ0) is 12.8. The first kappa shape index (κ1) is 11.7. The van der Waals surface area contributed by atoms with Crippen LogP contribution in [0.4, 0.5) is 0 Å². The summed E-state index contributed by atoms with van der Waals surface area (Å²) in [5.74, 6) is -0.656. The fourth-order valence-electron chi connectivity index (χ4n) is 3.35. The number of benzene rings is 1. The van der Waals surface area contributed by atoms with Crippen molar-refractivity contribution in [2.75, 3.05) is 13.1 Å². The zero-order valence-electron chi connectivity index (χ0n) is 10.7. The lowest BCUT2D eigenvalue weighted by Crippen LogP contribution is -2.33. The van der Waals surface area contributed by atoms with Crippen LogP contribution in [0.2, 0.25) is 0 Å². The van der Waals surface area contributed by atoms with Gasteiger partial charge >= 0.3 is 5.97 Å². The van der Waals surface area contributed by atoms with E-state index in [0.717, 1.165) is 25.8 Å².